The van der Waals surface area contributed by atoms with E-state index < -0.39 is 0 Å². The van der Waals surface area contributed by atoms with Gasteiger partial charge < -0.3 is 19.7 Å². The van der Waals surface area contributed by atoms with E-state index in [9.17, 15) is 9.59 Å². The lowest BCUT2D eigenvalue weighted by Crippen LogP contribution is -2.34. The van der Waals surface area contributed by atoms with Crippen LogP contribution in [-0.2, 0) is 0 Å². The largest absolute Gasteiger partial charge is 0.497 e. The lowest BCUT2D eigenvalue weighted by Gasteiger charge is -2.27. The Bertz CT molecular complexity index is 833. The maximum atomic E-state index is 12.8. The molecule has 1 aliphatic rings. The van der Waals surface area contributed by atoms with Gasteiger partial charge in [-0.15, -0.1) is 0 Å². The van der Waals surface area contributed by atoms with Gasteiger partial charge in [0.25, 0.3) is 0 Å². The topological polar surface area (TPSA) is 67.9 Å². The molecule has 3 rings (SSSR count). The van der Waals surface area contributed by atoms with E-state index in [4.69, 9.17) is 9.47 Å². The molecule has 0 spiro atoms. The summed E-state index contributed by atoms with van der Waals surface area (Å²) in [5, 5.41) is 2.92. The second kappa shape index (κ2) is 8.12. The molecule has 27 heavy (non-hydrogen) atoms. The highest BCUT2D eigenvalue weighted by Gasteiger charge is 2.32. The molecule has 142 valence electrons. The zero-order valence-electron chi connectivity index (χ0n) is 15.8. The number of likely N-dealkylation sites (tertiary alicyclic amines) is 1. The summed E-state index contributed by atoms with van der Waals surface area (Å²) >= 11 is 0. The molecule has 2 aromatic carbocycles. The first-order valence-corrected chi connectivity index (χ1v) is 8.94. The van der Waals surface area contributed by atoms with Gasteiger partial charge in [-0.3, -0.25) is 4.79 Å². The number of methoxy groups -OCH3 is 2. The van der Waals surface area contributed by atoms with Crippen LogP contribution in [0.1, 0.15) is 41.7 Å². The molecular formula is C21H24N2O4. The van der Waals surface area contributed by atoms with Crippen LogP contribution in [0.25, 0.3) is 0 Å². The van der Waals surface area contributed by atoms with E-state index >= 15 is 0 Å². The number of benzene rings is 2. The van der Waals surface area contributed by atoms with Crippen molar-refractivity contribution in [3.63, 3.8) is 0 Å². The van der Waals surface area contributed by atoms with Gasteiger partial charge in [-0.2, -0.15) is 0 Å². The third kappa shape index (κ3) is 4.05. The van der Waals surface area contributed by atoms with Crippen molar-refractivity contribution in [2.75, 3.05) is 26.1 Å². The van der Waals surface area contributed by atoms with Crippen molar-refractivity contribution in [3.05, 3.63) is 53.6 Å². The Kier molecular flexibility index (Phi) is 5.64. The van der Waals surface area contributed by atoms with E-state index in [1.807, 2.05) is 23.1 Å². The van der Waals surface area contributed by atoms with Gasteiger partial charge in [-0.05, 0) is 62.2 Å². The second-order valence-corrected chi connectivity index (χ2v) is 6.52. The number of carbonyl (C=O) groups excluding carboxylic acids is 2. The number of hydrogen-bond acceptors (Lipinski definition) is 4. The molecule has 1 fully saturated rings. The maximum Gasteiger partial charge on any atom is 0.322 e. The van der Waals surface area contributed by atoms with Crippen LogP contribution in [0.5, 0.6) is 11.5 Å². The van der Waals surface area contributed by atoms with E-state index in [1.165, 1.54) is 6.92 Å². The number of amides is 2. The van der Waals surface area contributed by atoms with Crippen molar-refractivity contribution in [3.8, 4) is 11.5 Å². The number of Topliss-reactive ketones (excluding diaryl/α,β-unsaturated/α-hetero) is 1. The van der Waals surface area contributed by atoms with E-state index in [2.05, 4.69) is 5.32 Å². The van der Waals surface area contributed by atoms with Gasteiger partial charge in [0.1, 0.15) is 11.5 Å². The summed E-state index contributed by atoms with van der Waals surface area (Å²) in [4.78, 5) is 26.0. The minimum Gasteiger partial charge on any atom is -0.497 e. The molecule has 1 aliphatic heterocycles. The Hall–Kier alpha value is -3.02. The number of carbonyl (C=O) groups is 2. The van der Waals surface area contributed by atoms with Gasteiger partial charge in [0, 0.05) is 23.4 Å². The van der Waals surface area contributed by atoms with Crippen LogP contribution in [0.4, 0.5) is 10.5 Å². The van der Waals surface area contributed by atoms with Crippen LogP contribution in [0.2, 0.25) is 0 Å². The molecule has 6 nitrogen and oxygen atoms in total. The summed E-state index contributed by atoms with van der Waals surface area (Å²) in [6, 6.07) is 12.3. The van der Waals surface area contributed by atoms with E-state index in [1.54, 1.807) is 38.5 Å². The molecule has 0 aromatic heterocycles. The lowest BCUT2D eigenvalue weighted by molar-refractivity contribution is 0.101. The molecule has 1 atom stereocenters. The van der Waals surface area contributed by atoms with Crippen molar-refractivity contribution < 1.29 is 19.1 Å². The van der Waals surface area contributed by atoms with Crippen molar-refractivity contribution >= 4 is 17.5 Å². The number of anilines is 1. The molecular weight excluding hydrogens is 344 g/mol. The molecule has 0 bridgehead atoms. The Balaban J connectivity index is 1.79. The fourth-order valence-electron chi connectivity index (χ4n) is 3.42. The summed E-state index contributed by atoms with van der Waals surface area (Å²) in [6.07, 6.45) is 1.78. The average Bonchev–Trinajstić information content (AvgIpc) is 3.17. The maximum absolute atomic E-state index is 12.8. The van der Waals surface area contributed by atoms with Crippen LogP contribution < -0.4 is 14.8 Å². The zero-order chi connectivity index (χ0) is 19.4. The number of urea groups is 1. The van der Waals surface area contributed by atoms with E-state index in [0.717, 1.165) is 29.9 Å². The third-order valence-electron chi connectivity index (χ3n) is 4.85. The fraction of sp³-hybridized carbons (Fsp3) is 0.333. The molecule has 1 heterocycles. The number of ketones is 1. The van der Waals surface area contributed by atoms with Gasteiger partial charge in [0.15, 0.2) is 5.78 Å². The van der Waals surface area contributed by atoms with Gasteiger partial charge in [-0.1, -0.05) is 0 Å². The van der Waals surface area contributed by atoms with Crippen LogP contribution in [-0.4, -0.2) is 37.5 Å². The first-order chi connectivity index (χ1) is 13.0. The highest BCUT2D eigenvalue weighted by atomic mass is 16.5. The fourth-order valence-corrected chi connectivity index (χ4v) is 3.42. The summed E-state index contributed by atoms with van der Waals surface area (Å²) in [7, 11) is 3.25. The first kappa shape index (κ1) is 18.8. The van der Waals surface area contributed by atoms with E-state index in [-0.39, 0.29) is 17.9 Å². The number of hydrogen-bond donors (Lipinski definition) is 1. The Morgan fingerprint density at radius 1 is 1.07 bits per heavy atom. The van der Waals surface area contributed by atoms with Crippen molar-refractivity contribution in [2.24, 2.45) is 0 Å². The molecule has 6 heteroatoms. The van der Waals surface area contributed by atoms with Gasteiger partial charge in [0.2, 0.25) is 0 Å². The number of nitrogens with zero attached hydrogens (tertiary/aromatic N) is 1. The lowest BCUT2D eigenvalue weighted by atomic mass is 10.0. The molecule has 1 saturated heterocycles. The summed E-state index contributed by atoms with van der Waals surface area (Å²) in [5.41, 5.74) is 2.22. The van der Waals surface area contributed by atoms with Crippen LogP contribution in [0.15, 0.2) is 42.5 Å². The Morgan fingerprint density at radius 3 is 2.44 bits per heavy atom. The minimum absolute atomic E-state index is 0.00222. The molecule has 2 aromatic rings. The quantitative estimate of drug-likeness (QED) is 0.800. The molecule has 2 amide bonds. The predicted octanol–water partition coefficient (Wildman–Crippen LogP) is 4.28. The SMILES string of the molecule is COc1ccc(OC)c(C2CCCN2C(=O)Nc2ccc(C(C)=O)cc2)c1. The molecule has 0 saturated carbocycles. The minimum atomic E-state index is -0.169. The summed E-state index contributed by atoms with van der Waals surface area (Å²) in [5.74, 6) is 1.47. The Morgan fingerprint density at radius 2 is 1.81 bits per heavy atom. The van der Waals surface area contributed by atoms with E-state index in [0.29, 0.717) is 17.8 Å². The second-order valence-electron chi connectivity index (χ2n) is 6.52. The number of rotatable bonds is 5. The summed E-state index contributed by atoms with van der Waals surface area (Å²) < 4.78 is 10.8. The van der Waals surface area contributed by atoms with Crippen LogP contribution in [0.3, 0.4) is 0 Å². The molecule has 0 aliphatic carbocycles. The number of nitrogens with one attached hydrogen (secondary N) is 1. The Labute approximate surface area is 159 Å². The zero-order valence-corrected chi connectivity index (χ0v) is 15.8. The van der Waals surface area contributed by atoms with Gasteiger partial charge in [0.05, 0.1) is 20.3 Å². The summed E-state index contributed by atoms with van der Waals surface area (Å²) in [6.45, 7) is 2.19. The highest BCUT2D eigenvalue weighted by molar-refractivity contribution is 5.95. The smallest absolute Gasteiger partial charge is 0.322 e. The standard InChI is InChI=1S/C21H24N2O4/c1-14(24)15-6-8-16(9-7-15)22-21(25)23-12-4-5-19(23)18-13-17(26-2)10-11-20(18)27-3/h6-11,13,19H,4-5,12H2,1-3H3,(H,22,25). The van der Waals surface area contributed by atoms with Crippen molar-refractivity contribution in [1.82, 2.24) is 4.90 Å². The molecule has 1 unspecified atom stereocenters. The molecule has 1 N–H and O–H groups in total. The van der Waals surface area contributed by atoms with Crippen molar-refractivity contribution in [2.45, 2.75) is 25.8 Å². The number of ether oxygens (including phenoxy) is 2. The van der Waals surface area contributed by atoms with Crippen LogP contribution >= 0.6 is 0 Å². The monoisotopic (exact) mass is 368 g/mol. The van der Waals surface area contributed by atoms with Crippen molar-refractivity contribution in [1.29, 1.82) is 0 Å². The van der Waals surface area contributed by atoms with Gasteiger partial charge in [-0.25, -0.2) is 4.79 Å². The highest BCUT2D eigenvalue weighted by Crippen LogP contribution is 2.39. The molecule has 0 radical (unpaired) electrons. The van der Waals surface area contributed by atoms with Crippen LogP contribution in [0, 0.1) is 0 Å². The van der Waals surface area contributed by atoms with Gasteiger partial charge >= 0.3 is 6.03 Å². The normalized spacial score (nSPS) is 16.1. The first-order valence-electron chi connectivity index (χ1n) is 8.94. The average molecular weight is 368 g/mol. The third-order valence-corrected chi connectivity index (χ3v) is 4.85. The predicted molar refractivity (Wildman–Crippen MR) is 104 cm³/mol.